The number of nitrogens with zero attached hydrogens (tertiary/aromatic N) is 1. The molecule has 1 saturated heterocycles. The molecule has 5 nitrogen and oxygen atoms in total. The average Bonchev–Trinajstić information content (AvgIpc) is 2.74. The summed E-state index contributed by atoms with van der Waals surface area (Å²) in [6.45, 7) is -0.242. The summed E-state index contributed by atoms with van der Waals surface area (Å²) in [7, 11) is 0. The van der Waals surface area contributed by atoms with Crippen LogP contribution in [0.3, 0.4) is 0 Å². The molecule has 112 valence electrons. The molecule has 0 saturated carbocycles. The topological polar surface area (TPSA) is 66.8 Å². The number of carbonyl (C=O) groups is 2. The Labute approximate surface area is 136 Å². The summed E-state index contributed by atoms with van der Waals surface area (Å²) in [5.74, 6) is 1.50. The Bertz CT molecular complexity index is 688. The molecule has 0 unspecified atom stereocenters. The highest BCUT2D eigenvalue weighted by Crippen LogP contribution is 2.32. The predicted octanol–water partition coefficient (Wildman–Crippen LogP) is 1.98. The van der Waals surface area contributed by atoms with Gasteiger partial charge in [-0.2, -0.15) is 0 Å². The van der Waals surface area contributed by atoms with Crippen molar-refractivity contribution in [1.29, 1.82) is 0 Å². The number of thioether (sulfide) groups is 1. The van der Waals surface area contributed by atoms with E-state index in [0.717, 1.165) is 22.2 Å². The molecule has 1 aliphatic rings. The number of amides is 1. The lowest BCUT2D eigenvalue weighted by Gasteiger charge is -2.10. The van der Waals surface area contributed by atoms with E-state index < -0.39 is 18.4 Å². The first-order valence-corrected chi connectivity index (χ1v) is 7.37. The first kappa shape index (κ1) is 16.1. The quantitative estimate of drug-likeness (QED) is 0.505. The molecule has 0 radical (unpaired) electrons. The number of terminal acetylenes is 1. The number of carboxylic acids is 1. The predicted molar refractivity (Wildman–Crippen MR) is 88.3 cm³/mol. The smallest absolute Gasteiger partial charge is 0.323 e. The third-order valence-corrected chi connectivity index (χ3v) is 4.04. The third kappa shape index (κ3) is 3.87. The number of thiocarbonyl (C=S) groups is 1. The second-order valence-corrected chi connectivity index (χ2v) is 5.90. The van der Waals surface area contributed by atoms with Gasteiger partial charge in [-0.15, -0.1) is 6.42 Å². The molecule has 1 amide bonds. The van der Waals surface area contributed by atoms with Crippen molar-refractivity contribution < 1.29 is 19.4 Å². The Morgan fingerprint density at radius 2 is 2.14 bits per heavy atom. The summed E-state index contributed by atoms with van der Waals surface area (Å²) >= 11 is 6.11. The summed E-state index contributed by atoms with van der Waals surface area (Å²) in [5.41, 5.74) is 0.781. The summed E-state index contributed by atoms with van der Waals surface area (Å²) in [6, 6.07) is 7.02. The molecule has 0 atom stereocenters. The van der Waals surface area contributed by atoms with E-state index in [-0.39, 0.29) is 10.9 Å². The third-order valence-electron chi connectivity index (χ3n) is 2.67. The van der Waals surface area contributed by atoms with Crippen LogP contribution in [0.1, 0.15) is 5.56 Å². The van der Waals surface area contributed by atoms with Gasteiger partial charge in [0.15, 0.2) is 0 Å². The second-order valence-electron chi connectivity index (χ2n) is 4.22. The highest BCUT2D eigenvalue weighted by Gasteiger charge is 2.33. The molecule has 22 heavy (non-hydrogen) atoms. The van der Waals surface area contributed by atoms with Crippen molar-refractivity contribution in [2.24, 2.45) is 0 Å². The van der Waals surface area contributed by atoms with Crippen LogP contribution in [0.2, 0.25) is 0 Å². The van der Waals surface area contributed by atoms with Crippen molar-refractivity contribution >= 4 is 46.3 Å². The van der Waals surface area contributed by atoms with Gasteiger partial charge in [0, 0.05) is 0 Å². The zero-order valence-corrected chi connectivity index (χ0v) is 12.9. The first-order chi connectivity index (χ1) is 10.5. The van der Waals surface area contributed by atoms with Crippen LogP contribution < -0.4 is 4.74 Å². The van der Waals surface area contributed by atoms with E-state index in [1.807, 2.05) is 0 Å². The molecule has 1 aromatic rings. The monoisotopic (exact) mass is 333 g/mol. The van der Waals surface area contributed by atoms with Crippen LogP contribution in [-0.2, 0) is 9.59 Å². The van der Waals surface area contributed by atoms with Crippen molar-refractivity contribution in [3.8, 4) is 18.1 Å². The molecule has 0 aliphatic carbocycles. The lowest BCUT2D eigenvalue weighted by Crippen LogP contribution is -2.33. The molecule has 1 heterocycles. The van der Waals surface area contributed by atoms with Crippen LogP contribution in [-0.4, -0.2) is 39.4 Å². The molecular weight excluding hydrogens is 322 g/mol. The van der Waals surface area contributed by atoms with Gasteiger partial charge in [0.1, 0.15) is 23.2 Å². The number of benzene rings is 1. The maximum atomic E-state index is 12.1. The molecule has 1 aliphatic heterocycles. The van der Waals surface area contributed by atoms with E-state index in [4.69, 9.17) is 28.5 Å². The fraction of sp³-hybridized carbons (Fsp3) is 0.133. The SMILES string of the molecule is C#CCOc1ccc(/C=C2\SC(=S)N(CC(=O)O)C2=O)cc1. The first-order valence-electron chi connectivity index (χ1n) is 6.14. The van der Waals surface area contributed by atoms with Crippen molar-refractivity contribution in [2.45, 2.75) is 0 Å². The molecule has 7 heteroatoms. The number of ether oxygens (including phenoxy) is 1. The molecule has 0 spiro atoms. The van der Waals surface area contributed by atoms with E-state index in [2.05, 4.69) is 5.92 Å². The summed E-state index contributed by atoms with van der Waals surface area (Å²) in [4.78, 5) is 24.3. The highest BCUT2D eigenvalue weighted by molar-refractivity contribution is 8.26. The van der Waals surface area contributed by atoms with Gasteiger partial charge in [-0.1, -0.05) is 42.0 Å². The number of hydrogen-bond donors (Lipinski definition) is 1. The molecule has 2 rings (SSSR count). The largest absolute Gasteiger partial charge is 0.481 e. The van der Waals surface area contributed by atoms with Crippen LogP contribution in [0, 0.1) is 12.3 Å². The number of hydrogen-bond acceptors (Lipinski definition) is 5. The molecule has 1 fully saturated rings. The van der Waals surface area contributed by atoms with Gasteiger partial charge in [0.25, 0.3) is 5.91 Å². The Morgan fingerprint density at radius 1 is 1.45 bits per heavy atom. The van der Waals surface area contributed by atoms with Crippen LogP contribution in [0.25, 0.3) is 6.08 Å². The van der Waals surface area contributed by atoms with Gasteiger partial charge in [0.05, 0.1) is 4.91 Å². The molecular formula is C15H11NO4S2. The zero-order chi connectivity index (χ0) is 16.1. The fourth-order valence-corrected chi connectivity index (χ4v) is 2.96. The Morgan fingerprint density at radius 3 is 2.73 bits per heavy atom. The fourth-order valence-electron chi connectivity index (χ4n) is 1.71. The van der Waals surface area contributed by atoms with E-state index in [0.29, 0.717) is 10.7 Å². The van der Waals surface area contributed by atoms with E-state index in [1.165, 1.54) is 0 Å². The van der Waals surface area contributed by atoms with Crippen molar-refractivity contribution in [1.82, 2.24) is 4.90 Å². The van der Waals surface area contributed by atoms with E-state index in [1.54, 1.807) is 30.3 Å². The van der Waals surface area contributed by atoms with Gasteiger partial charge in [-0.05, 0) is 23.8 Å². The maximum Gasteiger partial charge on any atom is 0.323 e. The normalized spacial score (nSPS) is 16.0. The van der Waals surface area contributed by atoms with E-state index in [9.17, 15) is 9.59 Å². The van der Waals surface area contributed by atoms with E-state index >= 15 is 0 Å². The minimum atomic E-state index is -1.10. The minimum Gasteiger partial charge on any atom is -0.481 e. The van der Waals surface area contributed by atoms with Gasteiger partial charge in [0.2, 0.25) is 0 Å². The van der Waals surface area contributed by atoms with Crippen molar-refractivity contribution in [3.05, 3.63) is 34.7 Å². The second kappa shape index (κ2) is 7.11. The summed E-state index contributed by atoms with van der Waals surface area (Å²) in [6.07, 6.45) is 6.77. The zero-order valence-electron chi connectivity index (χ0n) is 11.3. The Kier molecular flexibility index (Phi) is 5.20. The standard InChI is InChI=1S/C15H11NO4S2/c1-2-7-20-11-5-3-10(4-6-11)8-12-14(19)16(9-13(17)18)15(21)22-12/h1,3-6,8H,7,9H2,(H,17,18)/b12-8-. The van der Waals surface area contributed by atoms with Gasteiger partial charge < -0.3 is 9.84 Å². The van der Waals surface area contributed by atoms with Gasteiger partial charge >= 0.3 is 5.97 Å². The highest BCUT2D eigenvalue weighted by atomic mass is 32.2. The lowest BCUT2D eigenvalue weighted by molar-refractivity contribution is -0.140. The van der Waals surface area contributed by atoms with Crippen molar-refractivity contribution in [2.75, 3.05) is 13.2 Å². The van der Waals surface area contributed by atoms with Crippen LogP contribution >= 0.6 is 24.0 Å². The summed E-state index contributed by atoms with van der Waals surface area (Å²) in [5, 5.41) is 8.78. The molecule has 0 bridgehead atoms. The number of carbonyl (C=O) groups excluding carboxylic acids is 1. The lowest BCUT2D eigenvalue weighted by atomic mass is 10.2. The number of rotatable bonds is 5. The molecule has 1 N–H and O–H groups in total. The van der Waals surface area contributed by atoms with Gasteiger partial charge in [-0.25, -0.2) is 0 Å². The summed E-state index contributed by atoms with van der Waals surface area (Å²) < 4.78 is 5.50. The Hall–Kier alpha value is -2.30. The van der Waals surface area contributed by atoms with Crippen LogP contribution in [0.5, 0.6) is 5.75 Å². The Balaban J connectivity index is 2.13. The van der Waals surface area contributed by atoms with Crippen LogP contribution in [0.4, 0.5) is 0 Å². The van der Waals surface area contributed by atoms with Crippen molar-refractivity contribution in [3.63, 3.8) is 0 Å². The number of carboxylic acid groups (broad SMARTS) is 1. The van der Waals surface area contributed by atoms with Crippen LogP contribution in [0.15, 0.2) is 29.2 Å². The maximum absolute atomic E-state index is 12.1. The minimum absolute atomic E-state index is 0.188. The molecule has 0 aromatic heterocycles. The average molecular weight is 333 g/mol. The van der Waals surface area contributed by atoms with Gasteiger partial charge in [-0.3, -0.25) is 14.5 Å². The molecule has 1 aromatic carbocycles. The number of aliphatic carboxylic acids is 1.